The molecule has 0 fully saturated rings. The van der Waals surface area contributed by atoms with Crippen molar-refractivity contribution in [1.82, 2.24) is 0 Å². The maximum atomic E-state index is 10.4. The van der Waals surface area contributed by atoms with E-state index < -0.39 is 10.1 Å². The summed E-state index contributed by atoms with van der Waals surface area (Å²) in [7, 11) is -4.41. The van der Waals surface area contributed by atoms with Crippen molar-refractivity contribution < 1.29 is 42.5 Å². The van der Waals surface area contributed by atoms with Crippen molar-refractivity contribution >= 4 is 15.8 Å². The molecule has 0 aliphatic carbocycles. The molecule has 0 spiro atoms. The van der Waals surface area contributed by atoms with Gasteiger partial charge in [0.25, 0.3) is 0 Å². The topological polar surface area (TPSA) is 83.2 Å². The first-order valence-corrected chi connectivity index (χ1v) is 4.23. The second-order valence-electron chi connectivity index (χ2n) is 1.99. The van der Waals surface area contributed by atoms with E-state index in [2.05, 4.69) is 0 Å². The van der Waals surface area contributed by atoms with Crippen molar-refractivity contribution in [2.45, 2.75) is 4.90 Å². The zero-order valence-corrected chi connectivity index (χ0v) is 9.34. The average Bonchev–Trinajstić information content (AvgIpc) is 1.86. The molecule has 1 rings (SSSR count). The summed E-state index contributed by atoms with van der Waals surface area (Å²) in [5, 5.41) is 0. The van der Waals surface area contributed by atoms with Crippen LogP contribution in [0.5, 0.6) is 0 Å². The molecule has 4 nitrogen and oxygen atoms in total. The quantitative estimate of drug-likeness (QED) is 0.297. The second kappa shape index (κ2) is 4.25. The molecule has 0 saturated heterocycles. The predicted molar refractivity (Wildman–Crippen MR) is 38.8 cm³/mol. The van der Waals surface area contributed by atoms with Crippen LogP contribution in [-0.2, 0) is 10.1 Å². The summed E-state index contributed by atoms with van der Waals surface area (Å²) in [5.41, 5.74) is 5.22. The van der Waals surface area contributed by atoms with Crippen LogP contribution < -0.4 is 35.3 Å². The van der Waals surface area contributed by atoms with E-state index in [4.69, 9.17) is 5.73 Å². The van der Waals surface area contributed by atoms with Crippen LogP contribution in [-0.4, -0.2) is 13.0 Å². The molecule has 0 atom stereocenters. The summed E-state index contributed by atoms with van der Waals surface area (Å²) in [5.74, 6) is 0. The Morgan fingerprint density at radius 3 is 2.08 bits per heavy atom. The first-order chi connectivity index (χ1) is 5.02. The molecule has 1 aromatic rings. The Morgan fingerprint density at radius 1 is 1.25 bits per heavy atom. The van der Waals surface area contributed by atoms with Crippen LogP contribution in [0.4, 0.5) is 5.69 Å². The van der Waals surface area contributed by atoms with E-state index >= 15 is 0 Å². The minimum Gasteiger partial charge on any atom is -0.744 e. The number of nitrogen functional groups attached to an aromatic ring is 1. The van der Waals surface area contributed by atoms with Gasteiger partial charge >= 0.3 is 29.6 Å². The zero-order chi connectivity index (χ0) is 8.48. The van der Waals surface area contributed by atoms with Crippen LogP contribution in [0.15, 0.2) is 29.2 Å². The van der Waals surface area contributed by atoms with Gasteiger partial charge in [-0.1, -0.05) is 12.1 Å². The van der Waals surface area contributed by atoms with E-state index in [0.29, 0.717) is 0 Å². The molecule has 0 aromatic heterocycles. The molecular formula is C6H6NNaO3S. The number of anilines is 1. The number of nitrogens with two attached hydrogens (primary N) is 1. The average molecular weight is 195 g/mol. The van der Waals surface area contributed by atoms with Crippen LogP contribution >= 0.6 is 0 Å². The van der Waals surface area contributed by atoms with Gasteiger partial charge in [0.15, 0.2) is 0 Å². The Hall–Kier alpha value is -0.0700. The van der Waals surface area contributed by atoms with Crippen molar-refractivity contribution in [2.75, 3.05) is 5.73 Å². The maximum absolute atomic E-state index is 10.4. The third-order valence-corrected chi connectivity index (χ3v) is 2.10. The van der Waals surface area contributed by atoms with Crippen LogP contribution in [0.25, 0.3) is 0 Å². The number of rotatable bonds is 1. The molecule has 0 bridgehead atoms. The molecular weight excluding hydrogens is 189 g/mol. The third kappa shape index (κ3) is 2.76. The normalized spacial score (nSPS) is 10.4. The Labute approximate surface area is 92.8 Å². The van der Waals surface area contributed by atoms with Gasteiger partial charge in [0.1, 0.15) is 10.1 Å². The van der Waals surface area contributed by atoms with Gasteiger partial charge in [-0.15, -0.1) is 0 Å². The molecule has 1 aromatic carbocycles. The monoisotopic (exact) mass is 195 g/mol. The van der Waals surface area contributed by atoms with Crippen molar-refractivity contribution in [3.63, 3.8) is 0 Å². The Balaban J connectivity index is 0.00000121. The molecule has 0 aliphatic rings. The summed E-state index contributed by atoms with van der Waals surface area (Å²) in [6, 6.07) is 5.55. The number of hydrogen-bond acceptors (Lipinski definition) is 4. The van der Waals surface area contributed by atoms with Gasteiger partial charge in [-0.25, -0.2) is 8.42 Å². The molecule has 0 aliphatic heterocycles. The standard InChI is InChI=1S/C6H7NO3S.Na/c7-5-3-1-2-4-6(5)11(8,9)10;/h1-4H,7H2,(H,8,9,10);/q;+1/p-1. The van der Waals surface area contributed by atoms with Gasteiger partial charge in [-0.05, 0) is 12.1 Å². The predicted octanol–water partition coefficient (Wildman–Crippen LogP) is -2.82. The molecule has 0 amide bonds. The summed E-state index contributed by atoms with van der Waals surface area (Å²) in [4.78, 5) is -0.361. The van der Waals surface area contributed by atoms with E-state index in [1.165, 1.54) is 18.2 Å². The Kier molecular flexibility index (Phi) is 4.22. The maximum Gasteiger partial charge on any atom is 1.00 e. The van der Waals surface area contributed by atoms with Crippen molar-refractivity contribution in [3.05, 3.63) is 24.3 Å². The van der Waals surface area contributed by atoms with Crippen LogP contribution in [0, 0.1) is 0 Å². The van der Waals surface area contributed by atoms with Gasteiger partial charge in [0.2, 0.25) is 0 Å². The van der Waals surface area contributed by atoms with Crippen LogP contribution in [0.3, 0.4) is 0 Å². The molecule has 0 heterocycles. The summed E-state index contributed by atoms with van der Waals surface area (Å²) < 4.78 is 31.3. The van der Waals surface area contributed by atoms with Crippen LogP contribution in [0.2, 0.25) is 0 Å². The van der Waals surface area contributed by atoms with Gasteiger partial charge in [-0.2, -0.15) is 0 Å². The Bertz CT molecular complexity index is 363. The Morgan fingerprint density at radius 2 is 1.75 bits per heavy atom. The molecule has 2 N–H and O–H groups in total. The number of benzene rings is 1. The molecule has 6 heteroatoms. The van der Waals surface area contributed by atoms with E-state index in [1.54, 1.807) is 6.07 Å². The van der Waals surface area contributed by atoms with Gasteiger partial charge in [-0.3, -0.25) is 0 Å². The number of para-hydroxylation sites is 1. The fourth-order valence-corrected chi connectivity index (χ4v) is 1.31. The van der Waals surface area contributed by atoms with Crippen molar-refractivity contribution in [1.29, 1.82) is 0 Å². The SMILES string of the molecule is Nc1ccccc1S(=O)(=O)[O-].[Na+]. The summed E-state index contributed by atoms with van der Waals surface area (Å²) in [6.45, 7) is 0. The summed E-state index contributed by atoms with van der Waals surface area (Å²) >= 11 is 0. The van der Waals surface area contributed by atoms with Gasteiger partial charge in [0, 0.05) is 5.69 Å². The van der Waals surface area contributed by atoms with Crippen molar-refractivity contribution in [3.8, 4) is 0 Å². The minimum absolute atomic E-state index is 0. The zero-order valence-electron chi connectivity index (χ0n) is 6.52. The van der Waals surface area contributed by atoms with Crippen LogP contribution in [0.1, 0.15) is 0 Å². The van der Waals surface area contributed by atoms with Gasteiger partial charge < -0.3 is 10.3 Å². The van der Waals surface area contributed by atoms with E-state index in [9.17, 15) is 13.0 Å². The largest absolute Gasteiger partial charge is 1.00 e. The minimum atomic E-state index is -4.41. The molecule has 0 unspecified atom stereocenters. The smallest absolute Gasteiger partial charge is 0.744 e. The summed E-state index contributed by atoms with van der Waals surface area (Å²) in [6.07, 6.45) is 0. The fraction of sp³-hybridized carbons (Fsp3) is 0. The van der Waals surface area contributed by atoms with Crippen molar-refractivity contribution in [2.24, 2.45) is 0 Å². The first kappa shape index (κ1) is 11.9. The molecule has 60 valence electrons. The van der Waals surface area contributed by atoms with E-state index in [-0.39, 0.29) is 40.1 Å². The second-order valence-corrected chi connectivity index (χ2v) is 3.34. The number of hydrogen-bond donors (Lipinski definition) is 1. The molecule has 0 saturated carbocycles. The fourth-order valence-electron chi connectivity index (χ4n) is 0.708. The van der Waals surface area contributed by atoms with E-state index in [0.717, 1.165) is 0 Å². The molecule has 0 radical (unpaired) electrons. The van der Waals surface area contributed by atoms with E-state index in [1.807, 2.05) is 0 Å². The third-order valence-electron chi connectivity index (χ3n) is 1.19. The van der Waals surface area contributed by atoms with Gasteiger partial charge in [0.05, 0.1) is 4.90 Å². The molecule has 12 heavy (non-hydrogen) atoms. The first-order valence-electron chi connectivity index (χ1n) is 2.82.